The van der Waals surface area contributed by atoms with Gasteiger partial charge in [0.05, 0.1) is 19.1 Å². The van der Waals surface area contributed by atoms with Crippen LogP contribution in [-0.2, 0) is 9.47 Å². The van der Waals surface area contributed by atoms with Gasteiger partial charge in [-0.1, -0.05) is 0 Å². The maximum Gasteiger partial charge on any atom is 0.348 e. The number of carbonyl (C=O) groups excluding carboxylic acids is 1. The molecule has 0 amide bonds. The Morgan fingerprint density at radius 1 is 1.33 bits per heavy atom. The van der Waals surface area contributed by atoms with Gasteiger partial charge in [0.15, 0.2) is 0 Å². The molecular weight excluding hydrogens is 290 g/mol. The molecule has 7 heteroatoms. The molecule has 6 nitrogen and oxygen atoms in total. The SMILES string of the molecule is COCC(C)Nc1nc(C)nc2sc(C(=O)OC)c(C)c12. The van der Waals surface area contributed by atoms with Crippen LogP contribution in [0.3, 0.4) is 0 Å². The van der Waals surface area contributed by atoms with Crippen molar-refractivity contribution in [1.29, 1.82) is 0 Å². The lowest BCUT2D eigenvalue weighted by Crippen LogP contribution is -2.22. The number of aromatic nitrogens is 2. The van der Waals surface area contributed by atoms with Crippen LogP contribution in [0, 0.1) is 13.8 Å². The summed E-state index contributed by atoms with van der Waals surface area (Å²) in [6.07, 6.45) is 0. The molecule has 0 radical (unpaired) electrons. The van der Waals surface area contributed by atoms with Gasteiger partial charge in [-0.15, -0.1) is 11.3 Å². The summed E-state index contributed by atoms with van der Waals surface area (Å²) < 4.78 is 9.95. The van der Waals surface area contributed by atoms with Gasteiger partial charge in [0.25, 0.3) is 0 Å². The second kappa shape index (κ2) is 6.36. The molecule has 0 spiro atoms. The number of carbonyl (C=O) groups is 1. The molecule has 0 fully saturated rings. The highest BCUT2D eigenvalue weighted by molar-refractivity contribution is 7.20. The van der Waals surface area contributed by atoms with E-state index in [1.165, 1.54) is 18.4 Å². The summed E-state index contributed by atoms with van der Waals surface area (Å²) >= 11 is 1.33. The largest absolute Gasteiger partial charge is 0.465 e. The Morgan fingerprint density at radius 2 is 2.05 bits per heavy atom. The van der Waals surface area contributed by atoms with E-state index in [1.54, 1.807) is 7.11 Å². The number of aryl methyl sites for hydroxylation is 2. The van der Waals surface area contributed by atoms with Crippen LogP contribution in [0.15, 0.2) is 0 Å². The zero-order valence-corrected chi connectivity index (χ0v) is 13.6. The summed E-state index contributed by atoms with van der Waals surface area (Å²) in [5.41, 5.74) is 0.842. The number of hydrogen-bond acceptors (Lipinski definition) is 7. The Balaban J connectivity index is 2.54. The lowest BCUT2D eigenvalue weighted by atomic mass is 10.2. The normalized spacial score (nSPS) is 12.4. The van der Waals surface area contributed by atoms with Gasteiger partial charge in [-0.25, -0.2) is 14.8 Å². The third kappa shape index (κ3) is 3.14. The van der Waals surface area contributed by atoms with Gasteiger partial charge in [0, 0.05) is 13.2 Å². The van der Waals surface area contributed by atoms with Crippen LogP contribution in [-0.4, -0.2) is 42.8 Å². The fraction of sp³-hybridized carbons (Fsp3) is 0.500. The van der Waals surface area contributed by atoms with Crippen LogP contribution in [0.5, 0.6) is 0 Å². The van der Waals surface area contributed by atoms with Crippen LogP contribution in [0.1, 0.15) is 28.0 Å². The lowest BCUT2D eigenvalue weighted by Gasteiger charge is -2.14. The second-order valence-corrected chi connectivity index (χ2v) is 5.85. The first-order valence-electron chi connectivity index (χ1n) is 6.59. The topological polar surface area (TPSA) is 73.3 Å². The molecule has 0 saturated heterocycles. The minimum atomic E-state index is -0.343. The number of esters is 1. The van der Waals surface area contributed by atoms with Crippen molar-refractivity contribution in [3.63, 3.8) is 0 Å². The van der Waals surface area contributed by atoms with Gasteiger partial charge in [-0.05, 0) is 26.3 Å². The lowest BCUT2D eigenvalue weighted by molar-refractivity contribution is 0.0605. The summed E-state index contributed by atoms with van der Waals surface area (Å²) in [5, 5.41) is 4.19. The van der Waals surface area contributed by atoms with Gasteiger partial charge < -0.3 is 14.8 Å². The third-order valence-corrected chi connectivity index (χ3v) is 4.24. The van der Waals surface area contributed by atoms with E-state index in [0.29, 0.717) is 17.3 Å². The highest BCUT2D eigenvalue weighted by Crippen LogP contribution is 2.34. The van der Waals surface area contributed by atoms with Crippen LogP contribution in [0.4, 0.5) is 5.82 Å². The van der Waals surface area contributed by atoms with Gasteiger partial charge in [0.1, 0.15) is 21.3 Å². The van der Waals surface area contributed by atoms with Crippen molar-refractivity contribution in [1.82, 2.24) is 9.97 Å². The standard InChI is InChI=1S/C14H19N3O3S/c1-7(6-19-4)15-12-10-8(2)11(14(18)20-5)21-13(10)17-9(3)16-12/h7H,6H2,1-5H3,(H,15,16,17). The zero-order chi connectivity index (χ0) is 15.6. The summed E-state index contributed by atoms with van der Waals surface area (Å²) in [6, 6.07) is 0.105. The number of hydrogen-bond donors (Lipinski definition) is 1. The van der Waals surface area contributed by atoms with E-state index in [0.717, 1.165) is 21.6 Å². The molecule has 0 aliphatic carbocycles. The average molecular weight is 309 g/mol. The Labute approximate surface area is 127 Å². The minimum Gasteiger partial charge on any atom is -0.465 e. The van der Waals surface area contributed by atoms with Gasteiger partial charge in [0.2, 0.25) is 0 Å². The van der Waals surface area contributed by atoms with Crippen LogP contribution >= 0.6 is 11.3 Å². The third-order valence-electron chi connectivity index (χ3n) is 3.07. The molecule has 0 aliphatic rings. The fourth-order valence-corrected chi connectivity index (χ4v) is 3.31. The summed E-state index contributed by atoms with van der Waals surface area (Å²) in [4.78, 5) is 22.0. The highest BCUT2D eigenvalue weighted by Gasteiger charge is 2.21. The molecule has 2 aromatic rings. The van der Waals surface area contributed by atoms with Crippen molar-refractivity contribution < 1.29 is 14.3 Å². The number of ether oxygens (including phenoxy) is 2. The van der Waals surface area contributed by atoms with Crippen LogP contribution < -0.4 is 5.32 Å². The molecule has 114 valence electrons. The summed E-state index contributed by atoms with van der Waals surface area (Å²) in [5.74, 6) is 1.04. The van der Waals surface area contributed by atoms with Crippen molar-refractivity contribution in [2.75, 3.05) is 26.1 Å². The molecule has 1 atom stereocenters. The number of nitrogens with one attached hydrogen (secondary N) is 1. The Hall–Kier alpha value is -1.73. The van der Waals surface area contributed by atoms with Gasteiger partial charge in [-0.3, -0.25) is 0 Å². The van der Waals surface area contributed by atoms with Crippen molar-refractivity contribution in [3.8, 4) is 0 Å². The maximum absolute atomic E-state index is 11.8. The van der Waals surface area contributed by atoms with Crippen molar-refractivity contribution in [2.24, 2.45) is 0 Å². The molecular formula is C14H19N3O3S. The first-order chi connectivity index (χ1) is 9.97. The average Bonchev–Trinajstić information content (AvgIpc) is 2.75. The Kier molecular flexibility index (Phi) is 4.74. The van der Waals surface area contributed by atoms with E-state index in [4.69, 9.17) is 9.47 Å². The number of rotatable bonds is 5. The molecule has 2 aromatic heterocycles. The predicted molar refractivity (Wildman–Crippen MR) is 83.2 cm³/mol. The smallest absolute Gasteiger partial charge is 0.348 e. The van der Waals surface area contributed by atoms with Crippen molar-refractivity contribution >= 4 is 33.3 Å². The molecule has 0 aliphatic heterocycles. The fourth-order valence-electron chi connectivity index (χ4n) is 2.16. The molecule has 21 heavy (non-hydrogen) atoms. The molecule has 1 N–H and O–H groups in total. The number of anilines is 1. The highest BCUT2D eigenvalue weighted by atomic mass is 32.1. The van der Waals surface area contributed by atoms with E-state index in [1.807, 2.05) is 20.8 Å². The molecule has 0 aromatic carbocycles. The van der Waals surface area contributed by atoms with E-state index in [9.17, 15) is 4.79 Å². The predicted octanol–water partition coefficient (Wildman–Crippen LogP) is 2.54. The molecule has 0 saturated carbocycles. The molecule has 0 bridgehead atoms. The summed E-state index contributed by atoms with van der Waals surface area (Å²) in [7, 11) is 3.03. The van der Waals surface area contributed by atoms with Crippen LogP contribution in [0.2, 0.25) is 0 Å². The number of methoxy groups -OCH3 is 2. The second-order valence-electron chi connectivity index (χ2n) is 4.85. The monoisotopic (exact) mass is 309 g/mol. The van der Waals surface area contributed by atoms with E-state index in [2.05, 4.69) is 15.3 Å². The van der Waals surface area contributed by atoms with Crippen LogP contribution in [0.25, 0.3) is 10.2 Å². The first kappa shape index (κ1) is 15.7. The molecule has 2 rings (SSSR count). The zero-order valence-electron chi connectivity index (χ0n) is 12.8. The number of thiophene rings is 1. The summed E-state index contributed by atoms with van der Waals surface area (Å²) in [6.45, 7) is 6.29. The van der Waals surface area contributed by atoms with E-state index >= 15 is 0 Å². The number of fused-ring (bicyclic) bond motifs is 1. The number of nitrogens with zero attached hydrogens (tertiary/aromatic N) is 2. The van der Waals surface area contributed by atoms with E-state index in [-0.39, 0.29) is 12.0 Å². The van der Waals surface area contributed by atoms with Gasteiger partial charge in [-0.2, -0.15) is 0 Å². The Morgan fingerprint density at radius 3 is 2.67 bits per heavy atom. The van der Waals surface area contributed by atoms with Gasteiger partial charge >= 0.3 is 5.97 Å². The van der Waals surface area contributed by atoms with Crippen molar-refractivity contribution in [3.05, 3.63) is 16.3 Å². The Bertz CT molecular complexity index is 669. The molecule has 1 unspecified atom stereocenters. The first-order valence-corrected chi connectivity index (χ1v) is 7.41. The molecule has 2 heterocycles. The van der Waals surface area contributed by atoms with E-state index < -0.39 is 0 Å². The maximum atomic E-state index is 11.8. The quantitative estimate of drug-likeness (QED) is 0.856. The minimum absolute atomic E-state index is 0.105. The van der Waals surface area contributed by atoms with Crippen molar-refractivity contribution in [2.45, 2.75) is 26.8 Å².